The molecule has 3 aromatic rings. The van der Waals surface area contributed by atoms with Crippen molar-refractivity contribution in [3.05, 3.63) is 60.4 Å². The Balaban J connectivity index is 1.88. The molecule has 0 saturated carbocycles. The van der Waals surface area contributed by atoms with Gasteiger partial charge in [0.2, 0.25) is 0 Å². The maximum atomic E-state index is 11.8. The summed E-state index contributed by atoms with van der Waals surface area (Å²) in [6, 6.07) is 15.6. The third-order valence-electron chi connectivity index (χ3n) is 3.81. The second-order valence-corrected chi connectivity index (χ2v) is 5.24. The van der Waals surface area contributed by atoms with Crippen LogP contribution in [0.3, 0.4) is 0 Å². The van der Waals surface area contributed by atoms with Crippen LogP contribution in [0, 0.1) is 11.3 Å². The molecule has 108 valence electrons. The van der Waals surface area contributed by atoms with Crippen molar-refractivity contribution in [2.75, 3.05) is 0 Å². The van der Waals surface area contributed by atoms with Crippen molar-refractivity contribution >= 4 is 11.4 Å². The van der Waals surface area contributed by atoms with Crippen molar-refractivity contribution in [1.29, 1.82) is 5.26 Å². The normalized spacial score (nSPS) is 12.0. The lowest BCUT2D eigenvalue weighted by atomic mass is 9.94. The summed E-state index contributed by atoms with van der Waals surface area (Å²) in [5, 5.41) is 8.61. The van der Waals surface area contributed by atoms with Gasteiger partial charge in [0.1, 0.15) is 5.65 Å². The van der Waals surface area contributed by atoms with Crippen molar-refractivity contribution in [2.24, 2.45) is 0 Å². The number of hydrogen-bond acceptors (Lipinski definition) is 3. The number of ketones is 1. The smallest absolute Gasteiger partial charge is 0.154 e. The van der Waals surface area contributed by atoms with Crippen molar-refractivity contribution in [2.45, 2.75) is 19.3 Å². The van der Waals surface area contributed by atoms with Gasteiger partial charge in [0.15, 0.2) is 5.78 Å². The summed E-state index contributed by atoms with van der Waals surface area (Å²) in [7, 11) is 0. The summed E-state index contributed by atoms with van der Waals surface area (Å²) in [5.41, 5.74) is 3.73. The lowest BCUT2D eigenvalue weighted by Crippen LogP contribution is -2.07. The highest BCUT2D eigenvalue weighted by molar-refractivity contribution is 5.87. The minimum atomic E-state index is -0.255. The first-order valence-corrected chi connectivity index (χ1v) is 7.13. The lowest BCUT2D eigenvalue weighted by Gasteiger charge is -2.09. The minimum absolute atomic E-state index is 0.0463. The molecule has 0 fully saturated rings. The van der Waals surface area contributed by atoms with E-state index in [1.54, 1.807) is 0 Å². The van der Waals surface area contributed by atoms with Crippen molar-refractivity contribution in [3.63, 3.8) is 0 Å². The van der Waals surface area contributed by atoms with Crippen LogP contribution in [0.1, 0.15) is 24.8 Å². The van der Waals surface area contributed by atoms with E-state index in [-0.39, 0.29) is 18.1 Å². The average molecular weight is 289 g/mol. The van der Waals surface area contributed by atoms with Gasteiger partial charge in [-0.3, -0.25) is 4.79 Å². The van der Waals surface area contributed by atoms with E-state index in [0.29, 0.717) is 0 Å². The van der Waals surface area contributed by atoms with Gasteiger partial charge in [-0.2, -0.15) is 5.26 Å². The van der Waals surface area contributed by atoms with Crippen LogP contribution in [0.4, 0.5) is 0 Å². The summed E-state index contributed by atoms with van der Waals surface area (Å²) in [6.45, 7) is 1.83. The number of nitriles is 1. The van der Waals surface area contributed by atoms with E-state index in [0.717, 1.165) is 22.5 Å². The number of pyridine rings is 1. The van der Waals surface area contributed by atoms with E-state index >= 15 is 0 Å². The average Bonchev–Trinajstić information content (AvgIpc) is 2.98. The van der Waals surface area contributed by atoms with E-state index in [2.05, 4.69) is 4.98 Å². The molecule has 2 aromatic heterocycles. The summed E-state index contributed by atoms with van der Waals surface area (Å²) in [6.07, 6.45) is 3.90. The SMILES string of the molecule is CC(C(=O)CC#N)c1ccc(-c2cn3ccccc3n2)cc1. The lowest BCUT2D eigenvalue weighted by molar-refractivity contribution is -0.119. The highest BCUT2D eigenvalue weighted by Gasteiger charge is 2.15. The summed E-state index contributed by atoms with van der Waals surface area (Å²) >= 11 is 0. The molecule has 0 aliphatic carbocycles. The van der Waals surface area contributed by atoms with E-state index < -0.39 is 0 Å². The fraction of sp³-hybridized carbons (Fsp3) is 0.167. The molecule has 2 heterocycles. The van der Waals surface area contributed by atoms with E-state index in [1.807, 2.05) is 72.3 Å². The zero-order valence-corrected chi connectivity index (χ0v) is 12.2. The van der Waals surface area contributed by atoms with Crippen LogP contribution in [0.25, 0.3) is 16.9 Å². The Morgan fingerprint density at radius 2 is 2.05 bits per heavy atom. The number of nitrogens with zero attached hydrogens (tertiary/aromatic N) is 3. The molecule has 1 unspecified atom stereocenters. The highest BCUT2D eigenvalue weighted by atomic mass is 16.1. The molecule has 0 amide bonds. The molecule has 0 bridgehead atoms. The van der Waals surface area contributed by atoms with Crippen molar-refractivity contribution < 1.29 is 4.79 Å². The topological polar surface area (TPSA) is 58.2 Å². The summed E-state index contributed by atoms with van der Waals surface area (Å²) in [4.78, 5) is 16.4. The van der Waals surface area contributed by atoms with Crippen LogP contribution in [0.2, 0.25) is 0 Å². The van der Waals surface area contributed by atoms with E-state index in [9.17, 15) is 4.79 Å². The molecule has 4 heteroatoms. The van der Waals surface area contributed by atoms with Crippen LogP contribution >= 0.6 is 0 Å². The summed E-state index contributed by atoms with van der Waals surface area (Å²) in [5.74, 6) is -0.308. The standard InChI is InChI=1S/C18H15N3O/c1-13(17(22)9-10-19)14-5-7-15(8-6-14)16-12-21-11-3-2-4-18(21)20-16/h2-8,11-13H,9H2,1H3. The van der Waals surface area contributed by atoms with Gasteiger partial charge in [-0.15, -0.1) is 0 Å². The molecular weight excluding hydrogens is 274 g/mol. The van der Waals surface area contributed by atoms with Gasteiger partial charge in [0.05, 0.1) is 18.2 Å². The maximum Gasteiger partial charge on any atom is 0.154 e. The fourth-order valence-electron chi connectivity index (χ4n) is 2.43. The maximum absolute atomic E-state index is 11.8. The van der Waals surface area contributed by atoms with Crippen LogP contribution in [0.5, 0.6) is 0 Å². The molecule has 1 atom stereocenters. The number of carbonyl (C=O) groups excluding carboxylic acids is 1. The molecule has 0 aliphatic rings. The first kappa shape index (κ1) is 14.0. The molecule has 0 radical (unpaired) electrons. The van der Waals surface area contributed by atoms with E-state index in [4.69, 9.17) is 5.26 Å². The second-order valence-electron chi connectivity index (χ2n) is 5.24. The van der Waals surface area contributed by atoms with E-state index in [1.165, 1.54) is 0 Å². The van der Waals surface area contributed by atoms with Crippen LogP contribution in [-0.2, 0) is 4.79 Å². The predicted octanol–water partition coefficient (Wildman–Crippen LogP) is 3.59. The number of imidazole rings is 1. The first-order valence-electron chi connectivity index (χ1n) is 7.13. The first-order chi connectivity index (χ1) is 10.7. The van der Waals surface area contributed by atoms with Gasteiger partial charge < -0.3 is 4.40 Å². The molecule has 3 rings (SSSR count). The Bertz CT molecular complexity index is 823. The minimum Gasteiger partial charge on any atom is -0.306 e. The predicted molar refractivity (Wildman–Crippen MR) is 84.3 cm³/mol. The largest absolute Gasteiger partial charge is 0.306 e. The number of benzene rings is 1. The number of Topliss-reactive ketones (excluding diaryl/α,β-unsaturated/α-hetero) is 1. The quantitative estimate of drug-likeness (QED) is 0.737. The molecule has 0 saturated heterocycles. The van der Waals surface area contributed by atoms with Gasteiger partial charge in [-0.1, -0.05) is 37.3 Å². The number of fused-ring (bicyclic) bond motifs is 1. The van der Waals surface area contributed by atoms with Crippen LogP contribution < -0.4 is 0 Å². The van der Waals surface area contributed by atoms with Gasteiger partial charge in [-0.05, 0) is 17.7 Å². The zero-order chi connectivity index (χ0) is 15.5. The van der Waals surface area contributed by atoms with Crippen molar-refractivity contribution in [1.82, 2.24) is 9.38 Å². The zero-order valence-electron chi connectivity index (χ0n) is 12.2. The molecule has 0 N–H and O–H groups in total. The van der Waals surface area contributed by atoms with Gasteiger partial charge in [-0.25, -0.2) is 4.98 Å². The Morgan fingerprint density at radius 3 is 2.73 bits per heavy atom. The Labute approximate surface area is 128 Å². The number of hydrogen-bond donors (Lipinski definition) is 0. The van der Waals surface area contributed by atoms with Crippen LogP contribution in [-0.4, -0.2) is 15.2 Å². The van der Waals surface area contributed by atoms with Gasteiger partial charge in [0.25, 0.3) is 0 Å². The van der Waals surface area contributed by atoms with Crippen LogP contribution in [0.15, 0.2) is 54.9 Å². The molecule has 4 nitrogen and oxygen atoms in total. The molecular formula is C18H15N3O. The van der Waals surface area contributed by atoms with Gasteiger partial charge in [0, 0.05) is 23.9 Å². The number of aromatic nitrogens is 2. The highest BCUT2D eigenvalue weighted by Crippen LogP contribution is 2.23. The molecule has 0 spiro atoms. The molecule has 1 aromatic carbocycles. The Hall–Kier alpha value is -2.93. The number of rotatable bonds is 4. The third-order valence-corrected chi connectivity index (χ3v) is 3.81. The number of carbonyl (C=O) groups is 1. The second kappa shape index (κ2) is 5.82. The Morgan fingerprint density at radius 1 is 1.27 bits per heavy atom. The van der Waals surface area contributed by atoms with Crippen molar-refractivity contribution in [3.8, 4) is 17.3 Å². The van der Waals surface area contributed by atoms with Gasteiger partial charge >= 0.3 is 0 Å². The molecule has 22 heavy (non-hydrogen) atoms. The third kappa shape index (κ3) is 2.61. The molecule has 0 aliphatic heterocycles. The summed E-state index contributed by atoms with van der Waals surface area (Å²) < 4.78 is 1.97. The Kier molecular flexibility index (Phi) is 3.71. The monoisotopic (exact) mass is 289 g/mol. The fourth-order valence-corrected chi connectivity index (χ4v) is 2.43.